The van der Waals surface area contributed by atoms with Crippen molar-refractivity contribution in [3.8, 4) is 0 Å². The molecule has 114 heavy (non-hydrogen) atoms. The predicted molar refractivity (Wildman–Crippen MR) is 412 cm³/mol. The van der Waals surface area contributed by atoms with Gasteiger partial charge in [-0.3, -0.25) is 71.9 Å². The van der Waals surface area contributed by atoms with E-state index in [-0.39, 0.29) is 82.7 Å². The molecule has 0 aliphatic carbocycles. The Kier molecular flexibility index (Phi) is 36.8. The number of aromatic nitrogens is 1. The Morgan fingerprint density at radius 3 is 1.73 bits per heavy atom. The van der Waals surface area contributed by atoms with Crippen molar-refractivity contribution in [1.29, 1.82) is 0 Å². The smallest absolute Gasteiger partial charge is 0.326 e. The van der Waals surface area contributed by atoms with Crippen LogP contribution in [0.1, 0.15) is 116 Å². The number of aromatic amines is 1. The van der Waals surface area contributed by atoms with Crippen molar-refractivity contribution < 1.29 is 97.1 Å². The van der Waals surface area contributed by atoms with Crippen LogP contribution < -0.4 is 80.2 Å². The molecule has 1 aromatic heterocycles. The largest absolute Gasteiger partial charge is 0.480 e. The number of amides is 15. The maximum absolute atomic E-state index is 14.8. The number of hydrogen-bond acceptors (Lipinski definition) is 20. The van der Waals surface area contributed by atoms with Crippen LogP contribution >= 0.6 is 0 Å². The Balaban J connectivity index is 1.22. The predicted octanol–water partition coefficient (Wildman–Crippen LogP) is -4.40. The van der Waals surface area contributed by atoms with Gasteiger partial charge in [-0.05, 0) is 92.0 Å². The average molecular weight is 1590 g/mol. The summed E-state index contributed by atoms with van der Waals surface area (Å²) in [6.07, 6.45) is 1.28. The molecule has 37 nitrogen and oxygen atoms in total. The number of benzene rings is 3. The summed E-state index contributed by atoms with van der Waals surface area (Å²) in [6, 6.07) is 4.81. The monoisotopic (exact) mass is 1590 g/mol. The van der Waals surface area contributed by atoms with Gasteiger partial charge in [0.05, 0.1) is 45.9 Å². The number of carboxylic acid groups (broad SMARTS) is 1. The molecule has 2 fully saturated rings. The van der Waals surface area contributed by atoms with Gasteiger partial charge in [0.15, 0.2) is 0 Å². The van der Waals surface area contributed by atoms with Crippen LogP contribution in [-0.4, -0.2) is 250 Å². The molecule has 2 aliphatic heterocycles. The minimum atomic E-state index is -2.01. The molecule has 15 amide bonds. The number of aliphatic carboxylic acids is 1. The molecule has 0 saturated carbocycles. The van der Waals surface area contributed by atoms with Gasteiger partial charge in [-0.1, -0.05) is 127 Å². The summed E-state index contributed by atoms with van der Waals surface area (Å²) in [5, 5.41) is 76.7. The maximum Gasteiger partial charge on any atom is 0.326 e. The lowest BCUT2D eigenvalue weighted by Gasteiger charge is -2.32. The van der Waals surface area contributed by atoms with Crippen LogP contribution in [0.2, 0.25) is 0 Å². The molecule has 13 atom stereocenters. The molecule has 2 saturated heterocycles. The van der Waals surface area contributed by atoms with Crippen LogP contribution in [0.4, 0.5) is 0 Å². The van der Waals surface area contributed by atoms with E-state index in [9.17, 15) is 97.1 Å². The number of aliphatic hydroxyl groups is 3. The fourth-order valence-corrected chi connectivity index (χ4v) is 12.9. The lowest BCUT2D eigenvalue weighted by Crippen LogP contribution is -2.62. The third kappa shape index (κ3) is 28.6. The second-order valence-corrected chi connectivity index (χ2v) is 29.1. The zero-order valence-corrected chi connectivity index (χ0v) is 64.8. The van der Waals surface area contributed by atoms with Crippen molar-refractivity contribution in [3.05, 3.63) is 108 Å². The Hall–Kier alpha value is -11.4. The van der Waals surface area contributed by atoms with E-state index >= 15 is 0 Å². The van der Waals surface area contributed by atoms with Gasteiger partial charge in [0, 0.05) is 42.9 Å². The molecular formula is C77H109N17O20. The van der Waals surface area contributed by atoms with Gasteiger partial charge in [0.2, 0.25) is 88.6 Å². The molecule has 4 aromatic rings. The van der Waals surface area contributed by atoms with Gasteiger partial charge in [-0.2, -0.15) is 0 Å². The number of carbonyl (C=O) groups excluding carboxylic acids is 15. The van der Waals surface area contributed by atoms with Crippen LogP contribution in [0.15, 0.2) is 91.1 Å². The van der Waals surface area contributed by atoms with Crippen molar-refractivity contribution in [3.63, 3.8) is 0 Å². The van der Waals surface area contributed by atoms with Crippen molar-refractivity contribution >= 4 is 105 Å². The number of nitrogens with two attached hydrogens (primary N) is 1. The number of fused-ring (bicyclic) bond motifs is 2. The third-order valence-corrected chi connectivity index (χ3v) is 19.2. The number of nitrogens with one attached hydrogen (secondary N) is 15. The molecule has 0 spiro atoms. The molecule has 21 N–H and O–H groups in total. The highest BCUT2D eigenvalue weighted by Gasteiger charge is 2.42. The summed E-state index contributed by atoms with van der Waals surface area (Å²) in [5.41, 5.74) is 8.04. The zero-order chi connectivity index (χ0) is 83.7. The first kappa shape index (κ1) is 91.4. The average Bonchev–Trinajstić information content (AvgIpc) is 1.65. The SMILES string of the molecule is CC[C@H](C)[C@@H]1NC(=O)[C@H]2CCCN2C(=O)[C@@H](CCCCN)NC(=O)[C@H](CO)NC(=O)CNC(=O)[C@H](Cc2ccccc2)NC(=O)CNC(=O)C[C@@H](C(=O)N[C@@H](CO)C(=O)N[C@@H](Cc2ccccc2)C(=O)NCC(=O)N[C@@H](CC(C)C)C(=O)N[C@@H](CO)C(=O)N[C@@H](Cc2c[nH]c3ccccc23)C(=O)N[C@H](CC(C)C)C(=O)O)NC1=O. The molecule has 37 heteroatoms. The van der Waals surface area contributed by atoms with Crippen molar-refractivity contribution in [2.75, 3.05) is 52.5 Å². The standard InChI is InChI=1S/C77H109N17O20/c1-7-44(6)65-75(111)89-55(34-61(98)80-36-62(99)84-52(31-45-19-10-8-11-20-45)66(102)81-38-64(101)85-57(39-95)71(107)86-50(25-16-17-27-78)76(112)94-28-18-26-60(94)74(110)93-65)70(106)92-58(40-96)72(108)87-53(32-46-21-12-9-13-22-46)67(103)82-37-63(100)83-51(29-42(2)3)68(104)91-59(41-97)73(109)88-54(69(105)90-56(77(113)114)30-43(4)5)33-47-35-79-49-24-15-14-23-48(47)49/h8-15,19-24,35,42-44,50-60,65,79,95-97H,7,16-18,25-34,36-41,78H2,1-6H3,(H,80,98)(H,81,102)(H,82,103)(H,83,100)(H,84,99)(H,85,101)(H,86,107)(H,87,108)(H,88,109)(H,89,111)(H,90,105)(H,91,104)(H,92,106)(H,93,110)(H,113,114)/t44-,50+,51-,52-,53-,54-,55-,56+,57-,58-,59-,60+,65-/m0/s1. The van der Waals surface area contributed by atoms with E-state index in [0.717, 1.165) is 0 Å². The van der Waals surface area contributed by atoms with E-state index in [2.05, 4.69) is 79.4 Å². The second kappa shape index (κ2) is 45.9. The molecule has 0 radical (unpaired) electrons. The van der Waals surface area contributed by atoms with Crippen molar-refractivity contribution in [1.82, 2.24) is 84.3 Å². The minimum absolute atomic E-state index is 0.00293. The number of para-hydroxylation sites is 1. The normalized spacial score (nSPS) is 20.3. The molecule has 3 aromatic carbocycles. The number of carbonyl (C=O) groups is 16. The number of carboxylic acids is 1. The third-order valence-electron chi connectivity index (χ3n) is 19.2. The van der Waals surface area contributed by atoms with Crippen LogP contribution in [-0.2, 0) is 96.0 Å². The molecule has 6 rings (SSSR count). The fraction of sp³-hybridized carbons (Fsp3) is 0.532. The van der Waals surface area contributed by atoms with E-state index in [1.165, 1.54) is 4.90 Å². The molecule has 3 heterocycles. The van der Waals surface area contributed by atoms with Gasteiger partial charge in [0.1, 0.15) is 72.5 Å². The summed E-state index contributed by atoms with van der Waals surface area (Å²) in [5.74, 6) is -17.5. The molecule has 0 bridgehead atoms. The van der Waals surface area contributed by atoms with E-state index in [1.807, 2.05) is 0 Å². The minimum Gasteiger partial charge on any atom is -0.480 e. The number of nitrogens with zero attached hydrogens (tertiary/aromatic N) is 1. The maximum atomic E-state index is 14.8. The van der Waals surface area contributed by atoms with Gasteiger partial charge < -0.3 is 110 Å². The number of H-pyrrole nitrogens is 1. The summed E-state index contributed by atoms with van der Waals surface area (Å²) in [6.45, 7) is 4.79. The summed E-state index contributed by atoms with van der Waals surface area (Å²) in [7, 11) is 0. The Bertz CT molecular complexity index is 4000. The lowest BCUT2D eigenvalue weighted by atomic mass is 9.97. The van der Waals surface area contributed by atoms with Gasteiger partial charge in [-0.15, -0.1) is 0 Å². The molecule has 2 aliphatic rings. The molecular weight excluding hydrogens is 1480 g/mol. The van der Waals surface area contributed by atoms with Gasteiger partial charge >= 0.3 is 5.97 Å². The van der Waals surface area contributed by atoms with Crippen LogP contribution in [0.3, 0.4) is 0 Å². The topological polar surface area (TPSA) is 568 Å². The van der Waals surface area contributed by atoms with E-state index in [0.29, 0.717) is 40.4 Å². The first-order valence-electron chi connectivity index (χ1n) is 38.2. The highest BCUT2D eigenvalue weighted by atomic mass is 16.4. The van der Waals surface area contributed by atoms with Crippen LogP contribution in [0, 0.1) is 17.8 Å². The van der Waals surface area contributed by atoms with Crippen molar-refractivity contribution in [2.24, 2.45) is 23.5 Å². The Labute approximate surface area is 659 Å². The lowest BCUT2D eigenvalue weighted by molar-refractivity contribution is -0.143. The molecule has 622 valence electrons. The Morgan fingerprint density at radius 1 is 0.553 bits per heavy atom. The van der Waals surface area contributed by atoms with Gasteiger partial charge in [0.25, 0.3) is 0 Å². The number of aliphatic hydroxyl groups excluding tert-OH is 3. The number of hydrogen-bond donors (Lipinski definition) is 20. The van der Waals surface area contributed by atoms with E-state index in [1.54, 1.807) is 133 Å². The number of unbranched alkanes of at least 4 members (excludes halogenated alkanes) is 1. The first-order valence-corrected chi connectivity index (χ1v) is 38.2. The van der Waals surface area contributed by atoms with Gasteiger partial charge in [-0.25, -0.2) is 4.79 Å². The molecule has 0 unspecified atom stereocenters. The van der Waals surface area contributed by atoms with E-state index in [4.69, 9.17) is 5.73 Å². The van der Waals surface area contributed by atoms with Crippen LogP contribution in [0.5, 0.6) is 0 Å². The fourth-order valence-electron chi connectivity index (χ4n) is 12.9. The van der Waals surface area contributed by atoms with Crippen molar-refractivity contribution in [2.45, 2.75) is 191 Å². The number of rotatable bonds is 34. The quantitative estimate of drug-likeness (QED) is 0.0196. The highest BCUT2D eigenvalue weighted by Crippen LogP contribution is 2.23. The van der Waals surface area contributed by atoms with E-state index < -0.39 is 219 Å². The summed E-state index contributed by atoms with van der Waals surface area (Å²) < 4.78 is 0. The zero-order valence-electron chi connectivity index (χ0n) is 64.8. The first-order chi connectivity index (χ1) is 54.4. The second-order valence-electron chi connectivity index (χ2n) is 29.1. The Morgan fingerprint density at radius 2 is 1.11 bits per heavy atom. The summed E-state index contributed by atoms with van der Waals surface area (Å²) in [4.78, 5) is 228. The summed E-state index contributed by atoms with van der Waals surface area (Å²) >= 11 is 0. The van der Waals surface area contributed by atoms with Crippen LogP contribution in [0.25, 0.3) is 10.9 Å². The highest BCUT2D eigenvalue weighted by molar-refractivity contribution is 6.01.